The molecule has 1 fully saturated rings. The van der Waals surface area contributed by atoms with E-state index in [0.717, 1.165) is 68.5 Å². The molecule has 1 saturated heterocycles. The van der Waals surface area contributed by atoms with Crippen LogP contribution in [0.4, 0.5) is 0 Å². The number of ether oxygens (including phenoxy) is 1. The number of rotatable bonds is 5. The Morgan fingerprint density at radius 3 is 2.93 bits per heavy atom. The molecule has 28 heavy (non-hydrogen) atoms. The van der Waals surface area contributed by atoms with Crippen molar-refractivity contribution in [3.8, 4) is 0 Å². The summed E-state index contributed by atoms with van der Waals surface area (Å²) < 4.78 is 18.0. The van der Waals surface area contributed by atoms with Crippen LogP contribution in [0.2, 0.25) is 0 Å². The predicted molar refractivity (Wildman–Crippen MR) is 116 cm³/mol. The van der Waals surface area contributed by atoms with E-state index < -0.39 is 10.8 Å². The van der Waals surface area contributed by atoms with Crippen molar-refractivity contribution >= 4 is 16.5 Å². The van der Waals surface area contributed by atoms with Gasteiger partial charge in [0.25, 0.3) is 0 Å². The molecule has 0 amide bonds. The highest BCUT2D eigenvalue weighted by molar-refractivity contribution is 7.85. The average Bonchev–Trinajstić information content (AvgIpc) is 3.00. The Balaban J connectivity index is 1.59. The Labute approximate surface area is 171 Å². The fraction of sp³-hybridized carbons (Fsp3) is 0.591. The van der Waals surface area contributed by atoms with Crippen molar-refractivity contribution in [3.05, 3.63) is 46.9 Å². The summed E-state index contributed by atoms with van der Waals surface area (Å²) in [5, 5.41) is 0. The normalized spacial score (nSPS) is 24.4. The number of fused-ring (bicyclic) bond motifs is 2. The fourth-order valence-corrected chi connectivity index (χ4v) is 5.29. The fourth-order valence-electron chi connectivity index (χ4n) is 4.17. The van der Waals surface area contributed by atoms with Gasteiger partial charge in [-0.3, -0.25) is 19.0 Å². The maximum Gasteiger partial charge on any atom is 0.151 e. The summed E-state index contributed by atoms with van der Waals surface area (Å²) in [4.78, 5) is 9.59. The van der Waals surface area contributed by atoms with Gasteiger partial charge in [-0.2, -0.15) is 0 Å². The van der Waals surface area contributed by atoms with Crippen LogP contribution < -0.4 is 0 Å². The molecule has 4 aliphatic rings. The molecule has 0 N–H and O–H groups in total. The van der Waals surface area contributed by atoms with E-state index in [-0.39, 0.29) is 0 Å². The third-order valence-corrected chi connectivity index (χ3v) is 7.00. The first-order chi connectivity index (χ1) is 13.7. The molecule has 1 aliphatic carbocycles. The van der Waals surface area contributed by atoms with Crippen molar-refractivity contribution in [2.24, 2.45) is 4.99 Å². The number of nitrogens with zero attached hydrogens (tertiary/aromatic N) is 3. The lowest BCUT2D eigenvalue weighted by Crippen LogP contribution is -2.38. The molecule has 6 heteroatoms. The summed E-state index contributed by atoms with van der Waals surface area (Å²) in [6.45, 7) is 7.68. The van der Waals surface area contributed by atoms with Crippen molar-refractivity contribution in [2.45, 2.75) is 32.6 Å². The lowest BCUT2D eigenvalue weighted by molar-refractivity contribution is 0.0677. The highest BCUT2D eigenvalue weighted by Gasteiger charge is 2.28. The maximum atomic E-state index is 11.7. The Morgan fingerprint density at radius 2 is 2.11 bits per heavy atom. The summed E-state index contributed by atoms with van der Waals surface area (Å²) >= 11 is 0. The van der Waals surface area contributed by atoms with Crippen LogP contribution >= 0.6 is 0 Å². The van der Waals surface area contributed by atoms with Crippen LogP contribution in [0.1, 0.15) is 32.6 Å². The van der Waals surface area contributed by atoms with E-state index in [4.69, 9.17) is 9.73 Å². The zero-order valence-electron chi connectivity index (χ0n) is 16.9. The standard InChI is InChI=1S/C22H31N3O2S/c1-2-3-8-25-16-20-14-18(15-24-9-11-28(26)12-10-24)13-19-6-4-5-7-23-21(19)22(20)27-17-25/h5-7,14H,2-4,8-13,15-17H2,1H3. The Kier molecular flexibility index (Phi) is 6.60. The number of hydrogen-bond acceptors (Lipinski definition) is 5. The summed E-state index contributed by atoms with van der Waals surface area (Å²) in [5.74, 6) is 2.57. The van der Waals surface area contributed by atoms with Gasteiger partial charge in [-0.15, -0.1) is 0 Å². The predicted octanol–water partition coefficient (Wildman–Crippen LogP) is 3.01. The highest BCUT2D eigenvalue weighted by Crippen LogP contribution is 2.31. The molecule has 0 saturated carbocycles. The van der Waals surface area contributed by atoms with Gasteiger partial charge < -0.3 is 4.74 Å². The van der Waals surface area contributed by atoms with Gasteiger partial charge in [0.15, 0.2) is 5.76 Å². The van der Waals surface area contributed by atoms with Gasteiger partial charge in [0.1, 0.15) is 12.4 Å². The molecule has 0 spiro atoms. The number of aliphatic imine (C=N–C) groups is 1. The molecule has 0 aromatic carbocycles. The van der Waals surface area contributed by atoms with Crippen molar-refractivity contribution in [1.82, 2.24) is 9.80 Å². The summed E-state index contributed by atoms with van der Waals surface area (Å²) in [6.07, 6.45) is 12.9. The Morgan fingerprint density at radius 1 is 1.25 bits per heavy atom. The average molecular weight is 402 g/mol. The maximum absolute atomic E-state index is 11.7. The third kappa shape index (κ3) is 4.73. The Bertz CT molecular complexity index is 769. The minimum Gasteiger partial charge on any atom is -0.476 e. The summed E-state index contributed by atoms with van der Waals surface area (Å²) in [6, 6.07) is 0. The van der Waals surface area contributed by atoms with E-state index in [1.54, 1.807) is 0 Å². The molecule has 0 aromatic heterocycles. The second-order valence-electron chi connectivity index (χ2n) is 7.97. The topological polar surface area (TPSA) is 45.1 Å². The first-order valence-corrected chi connectivity index (χ1v) is 12.0. The van der Waals surface area contributed by atoms with Crippen LogP contribution in [0, 0.1) is 0 Å². The van der Waals surface area contributed by atoms with Crippen LogP contribution in [0.25, 0.3) is 0 Å². The van der Waals surface area contributed by atoms with E-state index in [2.05, 4.69) is 35.0 Å². The Hall–Kier alpha value is -1.50. The third-order valence-electron chi connectivity index (χ3n) is 5.73. The molecule has 5 nitrogen and oxygen atoms in total. The number of hydrogen-bond donors (Lipinski definition) is 0. The van der Waals surface area contributed by atoms with Gasteiger partial charge in [-0.1, -0.05) is 37.1 Å². The lowest BCUT2D eigenvalue weighted by atomic mass is 10.0. The molecule has 0 radical (unpaired) electrons. The van der Waals surface area contributed by atoms with E-state index >= 15 is 0 Å². The SMILES string of the molecule is CCCCN1COC2=C(C=C(CN3CCS(=O)CC3)CC3=CCC=CN=C32)C1. The minimum atomic E-state index is -0.630. The molecular formula is C22H31N3O2S. The van der Waals surface area contributed by atoms with Crippen LogP contribution in [-0.2, 0) is 15.5 Å². The van der Waals surface area contributed by atoms with Crippen LogP contribution in [0.15, 0.2) is 51.9 Å². The van der Waals surface area contributed by atoms with Gasteiger partial charge in [-0.05, 0) is 24.8 Å². The lowest BCUT2D eigenvalue weighted by Gasteiger charge is -2.30. The highest BCUT2D eigenvalue weighted by atomic mass is 32.2. The first-order valence-electron chi connectivity index (χ1n) is 10.5. The summed E-state index contributed by atoms with van der Waals surface area (Å²) in [7, 11) is -0.630. The molecule has 0 atom stereocenters. The van der Waals surface area contributed by atoms with Gasteiger partial charge in [0, 0.05) is 66.8 Å². The van der Waals surface area contributed by atoms with E-state index in [0.29, 0.717) is 6.73 Å². The first kappa shape index (κ1) is 19.8. The quantitative estimate of drug-likeness (QED) is 0.710. The molecule has 0 unspecified atom stereocenters. The molecule has 3 heterocycles. The molecule has 3 aliphatic heterocycles. The largest absolute Gasteiger partial charge is 0.476 e. The smallest absolute Gasteiger partial charge is 0.151 e. The van der Waals surface area contributed by atoms with Crippen molar-refractivity contribution in [3.63, 3.8) is 0 Å². The molecular weight excluding hydrogens is 370 g/mol. The second kappa shape index (κ2) is 9.33. The van der Waals surface area contributed by atoms with Gasteiger partial charge in [-0.25, -0.2) is 0 Å². The second-order valence-corrected chi connectivity index (χ2v) is 9.66. The van der Waals surface area contributed by atoms with E-state index in [9.17, 15) is 4.21 Å². The van der Waals surface area contributed by atoms with Crippen LogP contribution in [0.5, 0.6) is 0 Å². The minimum absolute atomic E-state index is 0.630. The van der Waals surface area contributed by atoms with Crippen LogP contribution in [-0.4, -0.2) is 70.7 Å². The van der Waals surface area contributed by atoms with Crippen LogP contribution in [0.3, 0.4) is 0 Å². The monoisotopic (exact) mass is 401 g/mol. The van der Waals surface area contributed by atoms with Crippen molar-refractivity contribution < 1.29 is 8.95 Å². The zero-order valence-corrected chi connectivity index (χ0v) is 17.7. The van der Waals surface area contributed by atoms with Gasteiger partial charge in [0.2, 0.25) is 0 Å². The zero-order chi connectivity index (χ0) is 19.3. The van der Waals surface area contributed by atoms with E-state index in [1.807, 2.05) is 6.20 Å². The molecule has 152 valence electrons. The summed E-state index contributed by atoms with van der Waals surface area (Å²) in [5.41, 5.74) is 4.98. The van der Waals surface area contributed by atoms with E-state index in [1.165, 1.54) is 29.6 Å². The van der Waals surface area contributed by atoms with Crippen molar-refractivity contribution in [1.29, 1.82) is 0 Å². The number of allylic oxidation sites excluding steroid dienone is 3. The van der Waals surface area contributed by atoms with Gasteiger partial charge in [0.05, 0.1) is 0 Å². The molecule has 0 aromatic rings. The van der Waals surface area contributed by atoms with Crippen molar-refractivity contribution in [2.75, 3.05) is 51.0 Å². The molecule has 4 rings (SSSR count). The molecule has 0 bridgehead atoms. The number of unbranched alkanes of at least 4 members (excludes halogenated alkanes) is 1. The van der Waals surface area contributed by atoms with Gasteiger partial charge >= 0.3 is 0 Å².